The van der Waals surface area contributed by atoms with Gasteiger partial charge in [-0.3, -0.25) is 0 Å². The molecule has 0 saturated carbocycles. The molecule has 0 heterocycles. The Morgan fingerprint density at radius 2 is 1.36 bits per heavy atom. The fraction of sp³-hybridized carbons (Fsp3) is 0. The quantitative estimate of drug-likeness (QED) is 0.299. The largest absolute Gasteiger partial charge is 2.00 e. The van der Waals surface area contributed by atoms with Gasteiger partial charge in [0.25, 0.3) is 0 Å². The normalized spacial score (nSPS) is 7.71. The molecule has 0 aliphatic carbocycles. The minimum absolute atomic E-state index is 0. The average molecular weight is 336 g/mol. The molecule has 0 amide bonds. The van der Waals surface area contributed by atoms with E-state index < -0.39 is 0 Å². The molecule has 0 N–H and O–H groups in total. The summed E-state index contributed by atoms with van der Waals surface area (Å²) in [5, 5.41) is 0. The Balaban J connectivity index is 0.000000227. The van der Waals surface area contributed by atoms with Gasteiger partial charge in [-0.05, 0) is 0 Å². The van der Waals surface area contributed by atoms with E-state index in [0.717, 1.165) is 5.56 Å². The van der Waals surface area contributed by atoms with Crippen molar-refractivity contribution in [1.29, 1.82) is 0 Å². The molecule has 0 aromatic heterocycles. The van der Waals surface area contributed by atoms with Gasteiger partial charge in [0.1, 0.15) is 0 Å². The summed E-state index contributed by atoms with van der Waals surface area (Å²) in [6, 6.07) is 15.9. The minimum atomic E-state index is 0. The predicted octanol–water partition coefficient (Wildman–Crippen LogP) is 3.39. The first kappa shape index (κ1) is 13.5. The van der Waals surface area contributed by atoms with Crippen LogP contribution < -0.4 is 0 Å². The van der Waals surface area contributed by atoms with Crippen LogP contribution in [-0.2, 0) is 17.1 Å². The van der Waals surface area contributed by atoms with Gasteiger partial charge in [0.05, 0.1) is 0 Å². The molecule has 2 aromatic rings. The molecule has 0 aliphatic heterocycles. The molecule has 0 saturated heterocycles. The van der Waals surface area contributed by atoms with E-state index in [9.17, 15) is 0 Å². The molecule has 0 unspecified atom stereocenters. The summed E-state index contributed by atoms with van der Waals surface area (Å²) in [6.07, 6.45) is 5.04. The van der Waals surface area contributed by atoms with E-state index >= 15 is 0 Å². The second kappa shape index (κ2) is 7.87. The summed E-state index contributed by atoms with van der Waals surface area (Å²) in [6.45, 7) is 0. The summed E-state index contributed by atoms with van der Waals surface area (Å²) in [7, 11) is 0. The molecule has 2 rings (SSSR count). The topological polar surface area (TPSA) is 0 Å². The molecule has 0 atom stereocenters. The van der Waals surface area contributed by atoms with E-state index in [1.165, 1.54) is 3.57 Å². The van der Waals surface area contributed by atoms with Crippen LogP contribution >= 0.6 is 22.6 Å². The van der Waals surface area contributed by atoms with E-state index in [0.29, 0.717) is 0 Å². The van der Waals surface area contributed by atoms with Crippen LogP contribution in [-0.4, -0.2) is 0 Å². The van der Waals surface area contributed by atoms with Gasteiger partial charge in [-0.25, -0.2) is 18.6 Å². The Hall–Kier alpha value is -0.491. The molecule has 2 aromatic carbocycles. The van der Waals surface area contributed by atoms with Crippen LogP contribution in [0.1, 0.15) is 5.56 Å². The number of hydrogen-bond donors (Lipinski definition) is 0. The second-order valence-corrected chi connectivity index (χ2v) is 3.67. The summed E-state index contributed by atoms with van der Waals surface area (Å²) >= 11 is 2.28. The number of halogens is 1. The van der Waals surface area contributed by atoms with Crippen LogP contribution in [0.15, 0.2) is 48.5 Å². The first-order valence-electron chi connectivity index (χ1n) is 3.88. The van der Waals surface area contributed by atoms with Crippen molar-refractivity contribution in [3.05, 3.63) is 57.7 Å². The third-order valence-electron chi connectivity index (χ3n) is 1.45. The van der Waals surface area contributed by atoms with Crippen molar-refractivity contribution in [2.45, 2.75) is 0 Å². The third kappa shape index (κ3) is 5.28. The second-order valence-electron chi connectivity index (χ2n) is 2.42. The summed E-state index contributed by atoms with van der Waals surface area (Å²) in [5.74, 6) is 2.51. The van der Waals surface area contributed by atoms with Crippen molar-refractivity contribution in [1.82, 2.24) is 0 Å². The molecule has 0 nitrogen and oxygen atoms in total. The first-order chi connectivity index (χ1) is 6.33. The maximum absolute atomic E-state index is 5.04. The van der Waals surface area contributed by atoms with Gasteiger partial charge in [-0.2, -0.15) is 30.2 Å². The predicted molar refractivity (Wildman–Crippen MR) is 64.7 cm³/mol. The molecule has 14 heavy (non-hydrogen) atoms. The zero-order valence-corrected chi connectivity index (χ0v) is 10.7. The molecular weight excluding hydrogens is 327 g/mol. The van der Waals surface area contributed by atoms with Gasteiger partial charge in [-0.1, -0.05) is 9.13 Å². The van der Waals surface area contributed by atoms with E-state index in [1.54, 1.807) is 0 Å². The van der Waals surface area contributed by atoms with Crippen LogP contribution in [0.3, 0.4) is 0 Å². The van der Waals surface area contributed by atoms with Gasteiger partial charge in [0.15, 0.2) is 0 Å². The van der Waals surface area contributed by atoms with Crippen molar-refractivity contribution in [3.63, 3.8) is 0 Å². The molecular formula is C12H9FeI. The monoisotopic (exact) mass is 336 g/mol. The fourth-order valence-electron chi connectivity index (χ4n) is 0.821. The van der Waals surface area contributed by atoms with Crippen molar-refractivity contribution in [2.24, 2.45) is 0 Å². The van der Waals surface area contributed by atoms with Crippen molar-refractivity contribution in [3.8, 4) is 12.3 Å². The number of rotatable bonds is 0. The minimum Gasteiger partial charge on any atom is -0.228 e. The number of hydrogen-bond acceptors (Lipinski definition) is 0. The maximum atomic E-state index is 5.04. The fourth-order valence-corrected chi connectivity index (χ4v) is 1.24. The van der Waals surface area contributed by atoms with Crippen molar-refractivity contribution < 1.29 is 17.1 Å². The molecule has 72 valence electrons. The average Bonchev–Trinajstić information content (AvgIpc) is 2.76. The van der Waals surface area contributed by atoms with Gasteiger partial charge < -0.3 is 0 Å². The van der Waals surface area contributed by atoms with Crippen molar-refractivity contribution in [2.75, 3.05) is 0 Å². The third-order valence-corrected chi connectivity index (χ3v) is 2.17. The van der Waals surface area contributed by atoms with Gasteiger partial charge in [-0.15, -0.1) is 34.7 Å². The van der Waals surface area contributed by atoms with Gasteiger partial charge in [0, 0.05) is 0 Å². The van der Waals surface area contributed by atoms with E-state index in [-0.39, 0.29) is 17.1 Å². The maximum Gasteiger partial charge on any atom is 2.00 e. The summed E-state index contributed by atoms with van der Waals surface area (Å²) < 4.78 is 1.31. The molecule has 0 spiro atoms. The van der Waals surface area contributed by atoms with E-state index in [2.05, 4.69) is 40.6 Å². The molecule has 0 fully saturated rings. The summed E-state index contributed by atoms with van der Waals surface area (Å²) in [5.41, 5.74) is 0.958. The molecule has 2 heteroatoms. The summed E-state index contributed by atoms with van der Waals surface area (Å²) in [4.78, 5) is 0. The van der Waals surface area contributed by atoms with Crippen LogP contribution in [0.25, 0.3) is 0 Å². The first-order valence-corrected chi connectivity index (χ1v) is 4.96. The zero-order chi connectivity index (χ0) is 9.52. The standard InChI is InChI=1S/C7H5.C5H4I.Fe/c1-2-7-5-3-4-6-7;6-5-3-1-2-4-5;/h1,3-6H;1-4H;/q2*-1;+2. The zero-order valence-electron chi connectivity index (χ0n) is 7.43. The Morgan fingerprint density at radius 1 is 0.929 bits per heavy atom. The van der Waals surface area contributed by atoms with Crippen molar-refractivity contribution >= 4 is 22.6 Å². The van der Waals surface area contributed by atoms with Crippen LogP contribution in [0.2, 0.25) is 0 Å². The Labute approximate surface area is 109 Å². The van der Waals surface area contributed by atoms with Crippen LogP contribution in [0.5, 0.6) is 0 Å². The van der Waals surface area contributed by atoms with E-state index in [1.807, 2.05) is 36.4 Å². The Morgan fingerprint density at radius 3 is 1.57 bits per heavy atom. The molecule has 0 bridgehead atoms. The SMILES string of the molecule is C#C[c-]1cccc1.I[c-]1cccc1.[Fe+2]. The van der Waals surface area contributed by atoms with Crippen LogP contribution in [0, 0.1) is 15.9 Å². The van der Waals surface area contributed by atoms with E-state index in [4.69, 9.17) is 6.42 Å². The molecule has 0 radical (unpaired) electrons. The Bertz CT molecular complexity index is 351. The Kier molecular flexibility index (Phi) is 7.60. The smallest absolute Gasteiger partial charge is 0.228 e. The van der Waals surface area contributed by atoms with Crippen LogP contribution in [0.4, 0.5) is 0 Å². The molecule has 0 aliphatic rings. The van der Waals surface area contributed by atoms with Gasteiger partial charge in [0.2, 0.25) is 0 Å². The van der Waals surface area contributed by atoms with Gasteiger partial charge >= 0.3 is 17.1 Å². The number of terminal acetylenes is 1.